The van der Waals surface area contributed by atoms with Gasteiger partial charge in [-0.3, -0.25) is 14.5 Å². The number of benzene rings is 1. The maximum absolute atomic E-state index is 13.0. The minimum Gasteiger partial charge on any atom is -0.342 e. The molecule has 2 saturated heterocycles. The van der Waals surface area contributed by atoms with Crippen molar-refractivity contribution < 1.29 is 9.59 Å². The van der Waals surface area contributed by atoms with Gasteiger partial charge in [0.25, 0.3) is 5.91 Å². The first-order valence-electron chi connectivity index (χ1n) is 10.6. The molecule has 2 amide bonds. The molecule has 7 nitrogen and oxygen atoms in total. The molecule has 2 aromatic rings. The molecule has 2 fully saturated rings. The summed E-state index contributed by atoms with van der Waals surface area (Å²) in [5.41, 5.74) is 4.00. The third-order valence-corrected chi connectivity index (χ3v) is 6.05. The number of aromatic nitrogens is 2. The lowest BCUT2D eigenvalue weighted by atomic mass is 10.1. The second-order valence-electron chi connectivity index (χ2n) is 8.11. The van der Waals surface area contributed by atoms with Gasteiger partial charge in [-0.25, -0.2) is 9.97 Å². The molecule has 0 spiro atoms. The average Bonchev–Trinajstić information content (AvgIpc) is 2.75. The van der Waals surface area contributed by atoms with Crippen LogP contribution in [0.5, 0.6) is 0 Å². The van der Waals surface area contributed by atoms with Gasteiger partial charge in [-0.15, -0.1) is 0 Å². The van der Waals surface area contributed by atoms with Crippen LogP contribution in [0.4, 0.5) is 0 Å². The van der Waals surface area contributed by atoms with Gasteiger partial charge in [0, 0.05) is 44.8 Å². The Morgan fingerprint density at radius 1 is 0.828 bits per heavy atom. The Bertz CT molecular complexity index is 915. The Hall–Kier alpha value is -2.54. The number of rotatable bonds is 3. The first-order valence-corrected chi connectivity index (χ1v) is 10.6. The summed E-state index contributed by atoms with van der Waals surface area (Å²) in [5.74, 6) is 0.247. The highest BCUT2D eigenvalue weighted by Gasteiger charge is 2.25. The van der Waals surface area contributed by atoms with E-state index in [4.69, 9.17) is 0 Å². The van der Waals surface area contributed by atoms with Crippen LogP contribution >= 0.6 is 0 Å². The molecule has 0 aliphatic carbocycles. The third kappa shape index (κ3) is 4.40. The van der Waals surface area contributed by atoms with Crippen molar-refractivity contribution in [2.24, 2.45) is 0 Å². The second kappa shape index (κ2) is 8.45. The van der Waals surface area contributed by atoms with E-state index in [0.717, 1.165) is 61.4 Å². The first kappa shape index (κ1) is 19.8. The number of likely N-dealkylation sites (tertiary alicyclic amines) is 1. The summed E-state index contributed by atoms with van der Waals surface area (Å²) in [7, 11) is 0. The van der Waals surface area contributed by atoms with Gasteiger partial charge in [-0.2, -0.15) is 0 Å². The van der Waals surface area contributed by atoms with Crippen molar-refractivity contribution in [3.63, 3.8) is 0 Å². The van der Waals surface area contributed by atoms with Gasteiger partial charge in [0.05, 0.1) is 29.0 Å². The largest absolute Gasteiger partial charge is 0.342 e. The van der Waals surface area contributed by atoms with Crippen LogP contribution in [0, 0.1) is 13.8 Å². The predicted octanol–water partition coefficient (Wildman–Crippen LogP) is 2.02. The summed E-state index contributed by atoms with van der Waals surface area (Å²) < 4.78 is 0. The number of carbonyl (C=O) groups excluding carboxylic acids is 2. The van der Waals surface area contributed by atoms with E-state index in [1.165, 1.54) is 6.42 Å². The monoisotopic (exact) mass is 395 g/mol. The summed E-state index contributed by atoms with van der Waals surface area (Å²) in [6.07, 6.45) is 3.45. The summed E-state index contributed by atoms with van der Waals surface area (Å²) in [6.45, 7) is 8.87. The molecule has 7 heteroatoms. The maximum Gasteiger partial charge on any atom is 0.254 e. The van der Waals surface area contributed by atoms with E-state index in [1.54, 1.807) is 0 Å². The van der Waals surface area contributed by atoms with E-state index in [1.807, 2.05) is 41.8 Å². The van der Waals surface area contributed by atoms with Crippen LogP contribution in [0.1, 0.15) is 41.0 Å². The molecule has 0 saturated carbocycles. The molecular weight excluding hydrogens is 366 g/mol. The van der Waals surface area contributed by atoms with Crippen LogP contribution in [0.25, 0.3) is 11.0 Å². The predicted molar refractivity (Wildman–Crippen MR) is 112 cm³/mol. The molecule has 0 radical (unpaired) electrons. The summed E-state index contributed by atoms with van der Waals surface area (Å²) in [4.78, 5) is 40.6. The molecule has 0 N–H and O–H groups in total. The number of aryl methyl sites for hydroxylation is 2. The molecule has 1 aromatic carbocycles. The molecule has 0 atom stereocenters. The highest BCUT2D eigenvalue weighted by atomic mass is 16.2. The number of piperidine rings is 1. The highest BCUT2D eigenvalue weighted by Crippen LogP contribution is 2.17. The number of fused-ring (bicyclic) bond motifs is 1. The topological polar surface area (TPSA) is 69.6 Å². The third-order valence-electron chi connectivity index (χ3n) is 6.05. The fourth-order valence-corrected chi connectivity index (χ4v) is 4.09. The number of hydrogen-bond donors (Lipinski definition) is 0. The van der Waals surface area contributed by atoms with E-state index >= 15 is 0 Å². The molecule has 2 aliphatic heterocycles. The lowest BCUT2D eigenvalue weighted by Crippen LogP contribution is -2.52. The Kier molecular flexibility index (Phi) is 5.76. The van der Waals surface area contributed by atoms with Gasteiger partial charge in [0.15, 0.2) is 0 Å². The van der Waals surface area contributed by atoms with Gasteiger partial charge in [0.2, 0.25) is 5.91 Å². The smallest absolute Gasteiger partial charge is 0.254 e. The number of amides is 2. The van der Waals surface area contributed by atoms with Gasteiger partial charge >= 0.3 is 0 Å². The van der Waals surface area contributed by atoms with Gasteiger partial charge < -0.3 is 9.80 Å². The van der Waals surface area contributed by atoms with Crippen molar-refractivity contribution in [3.8, 4) is 0 Å². The second-order valence-corrected chi connectivity index (χ2v) is 8.11. The molecule has 0 bridgehead atoms. The summed E-state index contributed by atoms with van der Waals surface area (Å²) in [6, 6.07) is 5.54. The normalized spacial score (nSPS) is 18.3. The van der Waals surface area contributed by atoms with Crippen LogP contribution in [0.15, 0.2) is 18.2 Å². The molecule has 4 rings (SSSR count). The van der Waals surface area contributed by atoms with E-state index in [9.17, 15) is 9.59 Å². The minimum absolute atomic E-state index is 0.0222. The van der Waals surface area contributed by atoms with E-state index in [0.29, 0.717) is 25.2 Å². The lowest BCUT2D eigenvalue weighted by molar-refractivity contribution is -0.133. The molecule has 3 heterocycles. The summed E-state index contributed by atoms with van der Waals surface area (Å²) >= 11 is 0. The molecular formula is C22H29N5O2. The van der Waals surface area contributed by atoms with Gasteiger partial charge in [0.1, 0.15) is 0 Å². The van der Waals surface area contributed by atoms with Crippen molar-refractivity contribution >= 4 is 22.8 Å². The fourth-order valence-electron chi connectivity index (χ4n) is 4.09. The zero-order valence-electron chi connectivity index (χ0n) is 17.4. The number of nitrogens with zero attached hydrogens (tertiary/aromatic N) is 5. The molecule has 2 aliphatic rings. The standard InChI is InChI=1S/C22H29N5O2/c1-16-17(2)24-20-14-18(6-7-19(20)23-16)22(29)27-12-10-25(11-13-27)15-21(28)26-8-4-3-5-9-26/h6-7,14H,3-5,8-13,15H2,1-2H3. The minimum atomic E-state index is 0.0222. The Balaban J connectivity index is 1.35. The lowest BCUT2D eigenvalue weighted by Gasteiger charge is -2.36. The Morgan fingerprint density at radius 3 is 2.17 bits per heavy atom. The highest BCUT2D eigenvalue weighted by molar-refractivity contribution is 5.97. The quantitative estimate of drug-likeness (QED) is 0.795. The molecule has 0 unspecified atom stereocenters. The van der Waals surface area contributed by atoms with Crippen molar-refractivity contribution in [3.05, 3.63) is 35.2 Å². The van der Waals surface area contributed by atoms with Crippen LogP contribution in [0.2, 0.25) is 0 Å². The van der Waals surface area contributed by atoms with E-state index < -0.39 is 0 Å². The fraction of sp³-hybridized carbons (Fsp3) is 0.545. The summed E-state index contributed by atoms with van der Waals surface area (Å²) in [5, 5.41) is 0. The van der Waals surface area contributed by atoms with Crippen LogP contribution in [0.3, 0.4) is 0 Å². The Labute approximate surface area is 171 Å². The SMILES string of the molecule is Cc1nc2ccc(C(=O)N3CCN(CC(=O)N4CCCCC4)CC3)cc2nc1C. The maximum atomic E-state index is 13.0. The van der Waals surface area contributed by atoms with Crippen molar-refractivity contribution in [1.82, 2.24) is 24.7 Å². The zero-order chi connectivity index (χ0) is 20.4. The van der Waals surface area contributed by atoms with Crippen molar-refractivity contribution in [1.29, 1.82) is 0 Å². The molecule has 154 valence electrons. The zero-order valence-corrected chi connectivity index (χ0v) is 17.4. The number of hydrogen-bond acceptors (Lipinski definition) is 5. The molecule has 29 heavy (non-hydrogen) atoms. The number of piperazine rings is 1. The Morgan fingerprint density at radius 2 is 1.48 bits per heavy atom. The number of carbonyl (C=O) groups is 2. The van der Waals surface area contributed by atoms with Crippen molar-refractivity contribution in [2.75, 3.05) is 45.8 Å². The van der Waals surface area contributed by atoms with Crippen molar-refractivity contribution in [2.45, 2.75) is 33.1 Å². The van der Waals surface area contributed by atoms with Crippen LogP contribution in [-0.4, -0.2) is 82.3 Å². The van der Waals surface area contributed by atoms with Crippen LogP contribution in [-0.2, 0) is 4.79 Å². The average molecular weight is 396 g/mol. The van der Waals surface area contributed by atoms with Crippen LogP contribution < -0.4 is 0 Å². The molecule has 1 aromatic heterocycles. The first-order chi connectivity index (χ1) is 14.0. The van der Waals surface area contributed by atoms with E-state index in [-0.39, 0.29) is 11.8 Å². The van der Waals surface area contributed by atoms with Gasteiger partial charge in [-0.05, 0) is 51.3 Å². The van der Waals surface area contributed by atoms with E-state index in [2.05, 4.69) is 14.9 Å². The van der Waals surface area contributed by atoms with Gasteiger partial charge in [-0.1, -0.05) is 0 Å².